The molecule has 1 heterocycles. The topological polar surface area (TPSA) is 94.9 Å². The number of Topliss-reactive ketones (excluding diaryl/α,β-unsaturated/α-hetero) is 1. The Bertz CT molecular complexity index is 1790. The number of hydrogen-bond acceptors (Lipinski definition) is 6. The van der Waals surface area contributed by atoms with Crippen LogP contribution in [0.4, 0.5) is 13.2 Å². The molecular weight excluding hydrogens is 660 g/mol. The van der Waals surface area contributed by atoms with Crippen molar-refractivity contribution >= 4 is 27.1 Å². The number of allylic oxidation sites excluding steroid dienone is 4. The van der Waals surface area contributed by atoms with Crippen LogP contribution in [0.3, 0.4) is 0 Å². The summed E-state index contributed by atoms with van der Waals surface area (Å²) >= 11 is 1.56. The van der Waals surface area contributed by atoms with Crippen LogP contribution in [0, 0.1) is 33.5 Å². The number of thiophene rings is 1. The number of halogens is 3. The van der Waals surface area contributed by atoms with Gasteiger partial charge < -0.3 is 10.2 Å². The third kappa shape index (κ3) is 4.88. The van der Waals surface area contributed by atoms with Crippen LogP contribution in [0.1, 0.15) is 79.6 Å². The van der Waals surface area contributed by atoms with Gasteiger partial charge in [-0.05, 0) is 92.2 Å². The number of nitrogens with zero attached hydrogens (tertiary/aromatic N) is 1. The maximum atomic E-state index is 14.7. The molecule has 1 unspecified atom stereocenters. The minimum atomic E-state index is -4.61. The van der Waals surface area contributed by atoms with Crippen molar-refractivity contribution in [1.29, 1.82) is 0 Å². The van der Waals surface area contributed by atoms with Crippen molar-refractivity contribution in [3.63, 3.8) is 0 Å². The highest BCUT2D eigenvalue weighted by Gasteiger charge is 2.74. The van der Waals surface area contributed by atoms with E-state index in [4.69, 9.17) is 0 Å². The summed E-state index contributed by atoms with van der Waals surface area (Å²) in [5.74, 6) is -0.750. The molecule has 6 nitrogen and oxygen atoms in total. The van der Waals surface area contributed by atoms with Gasteiger partial charge in [-0.25, -0.2) is 8.42 Å². The molecule has 48 heavy (non-hydrogen) atoms. The van der Waals surface area contributed by atoms with Gasteiger partial charge in [-0.15, -0.1) is 11.3 Å². The monoisotopic (exact) mass is 703 g/mol. The van der Waals surface area contributed by atoms with E-state index in [2.05, 4.69) is 19.1 Å². The molecule has 6 aliphatic carbocycles. The summed E-state index contributed by atoms with van der Waals surface area (Å²) < 4.78 is 69.0. The maximum Gasteiger partial charge on any atom is 0.416 e. The van der Waals surface area contributed by atoms with Crippen molar-refractivity contribution in [3.05, 3.63) is 81.6 Å². The van der Waals surface area contributed by atoms with E-state index in [1.54, 1.807) is 11.3 Å². The highest BCUT2D eigenvalue weighted by molar-refractivity contribution is 7.88. The number of rotatable bonds is 8. The van der Waals surface area contributed by atoms with E-state index in [0.717, 1.165) is 23.4 Å². The van der Waals surface area contributed by atoms with E-state index in [0.29, 0.717) is 50.5 Å². The molecule has 0 aliphatic heterocycles. The Balaban J connectivity index is 1.32. The van der Waals surface area contributed by atoms with Crippen LogP contribution < -0.4 is 0 Å². The number of carbonyl (C=O) groups is 1. The normalized spacial score (nSPS) is 38.8. The smallest absolute Gasteiger partial charge is 0.393 e. The number of alkyl halides is 3. The van der Waals surface area contributed by atoms with Crippen molar-refractivity contribution in [2.24, 2.45) is 33.5 Å². The van der Waals surface area contributed by atoms with Crippen molar-refractivity contribution in [2.45, 2.75) is 83.1 Å². The summed E-state index contributed by atoms with van der Waals surface area (Å²) in [5, 5.41) is 25.5. The second-order valence-corrected chi connectivity index (χ2v) is 18.7. The first-order chi connectivity index (χ1) is 22.4. The van der Waals surface area contributed by atoms with Gasteiger partial charge in [0.05, 0.1) is 23.5 Å². The highest BCUT2D eigenvalue weighted by Crippen LogP contribution is 2.78. The first-order valence-electron chi connectivity index (χ1n) is 16.9. The van der Waals surface area contributed by atoms with Crippen molar-refractivity contribution < 1.29 is 36.6 Å². The van der Waals surface area contributed by atoms with E-state index in [1.165, 1.54) is 22.7 Å². The van der Waals surface area contributed by atoms with Gasteiger partial charge in [-0.3, -0.25) is 4.79 Å². The Morgan fingerprint density at radius 3 is 2.42 bits per heavy atom. The van der Waals surface area contributed by atoms with Crippen molar-refractivity contribution in [3.8, 4) is 0 Å². The van der Waals surface area contributed by atoms with Gasteiger partial charge in [0.2, 0.25) is 10.0 Å². The fourth-order valence-corrected chi connectivity index (χ4v) is 12.5. The second kappa shape index (κ2) is 11.1. The van der Waals surface area contributed by atoms with Crippen molar-refractivity contribution in [2.75, 3.05) is 19.3 Å². The molecule has 2 spiro atoms. The van der Waals surface area contributed by atoms with Gasteiger partial charge in [0.1, 0.15) is 0 Å². The van der Waals surface area contributed by atoms with Gasteiger partial charge in [-0.1, -0.05) is 50.3 Å². The number of aliphatic hydroxyl groups is 2. The van der Waals surface area contributed by atoms with E-state index in [1.807, 2.05) is 30.5 Å². The molecule has 6 aliphatic rings. The number of carbonyl (C=O) groups excluding carboxylic acids is 1. The number of ketones is 1. The fraction of sp³-hybridized carbons (Fsp3) is 0.595. The molecule has 0 amide bonds. The van der Waals surface area contributed by atoms with Gasteiger partial charge >= 0.3 is 6.18 Å². The van der Waals surface area contributed by atoms with Crippen LogP contribution in [0.5, 0.6) is 0 Å². The third-order valence-electron chi connectivity index (χ3n) is 13.5. The molecule has 2 N–H and O–H groups in total. The Morgan fingerprint density at radius 1 is 1.02 bits per heavy atom. The molecule has 0 saturated heterocycles. The number of aliphatic hydroxyl groups excluding tert-OH is 1. The predicted molar refractivity (Wildman–Crippen MR) is 179 cm³/mol. The molecule has 2 bridgehead atoms. The van der Waals surface area contributed by atoms with E-state index < -0.39 is 55.5 Å². The van der Waals surface area contributed by atoms with Crippen LogP contribution in [0.25, 0.3) is 0 Å². The molecule has 2 aromatic rings. The lowest BCUT2D eigenvalue weighted by Gasteiger charge is -2.71. The van der Waals surface area contributed by atoms with Crippen LogP contribution in [-0.2, 0) is 22.6 Å². The van der Waals surface area contributed by atoms with Crippen LogP contribution >= 0.6 is 11.3 Å². The largest absolute Gasteiger partial charge is 0.416 e. The maximum absolute atomic E-state index is 14.7. The van der Waals surface area contributed by atoms with Crippen LogP contribution in [-0.4, -0.2) is 59.8 Å². The standard InChI is InChI=1S/C37H44F3NO5S2/c1-32-13-9-26(42)21-34(32)16-17-36(28(22-34)31(43)24-6-4-7-25(20-24)37(38,39)40)29(32)10-14-33(2)30(36)11-15-35(33,44)23-41(48(3,45)46)18-12-27-8-5-19-47-27/h4-8,16-17,19-20,22,26,29-30,42,44H,9-15,18,21,23H2,1-3H3/t26?,29-,30-,32-,33+,34+,35-,36-/m1/s1. The zero-order valence-electron chi connectivity index (χ0n) is 27.6. The average Bonchev–Trinajstić information content (AvgIpc) is 3.63. The predicted octanol–water partition coefficient (Wildman–Crippen LogP) is 7.05. The summed E-state index contributed by atoms with van der Waals surface area (Å²) in [6.45, 7) is 4.43. The quantitative estimate of drug-likeness (QED) is 0.227. The number of fused-ring (bicyclic) bond motifs is 1. The SMILES string of the molecule is C[C@]12CC[C@H]3[C@]4(C=C[C@@]5(C=C4C(=O)c4cccc(C(F)(F)F)c4)CC(O)CC[C@]35C)[C@@H]1CC[C@@]2(O)CN(CCc1cccs1)S(C)(=O)=O. The van der Waals surface area contributed by atoms with E-state index in [9.17, 15) is 36.6 Å². The fourth-order valence-electron chi connectivity index (χ4n) is 10.9. The molecule has 11 heteroatoms. The van der Waals surface area contributed by atoms with Gasteiger partial charge in [-0.2, -0.15) is 17.5 Å². The molecular formula is C37H44F3NO5S2. The Morgan fingerprint density at radius 2 is 1.73 bits per heavy atom. The summed E-state index contributed by atoms with van der Waals surface area (Å²) in [7, 11) is -3.67. The number of hydrogen-bond donors (Lipinski definition) is 2. The Kier molecular flexibility index (Phi) is 7.89. The molecule has 260 valence electrons. The first-order valence-corrected chi connectivity index (χ1v) is 19.7. The van der Waals surface area contributed by atoms with Gasteiger partial charge in [0, 0.05) is 45.3 Å². The lowest BCUT2D eigenvalue weighted by atomic mass is 9.32. The average molecular weight is 704 g/mol. The summed E-state index contributed by atoms with van der Waals surface area (Å²) in [6, 6.07) is 8.49. The molecule has 1 aromatic heterocycles. The van der Waals surface area contributed by atoms with Crippen molar-refractivity contribution in [1.82, 2.24) is 4.31 Å². The first kappa shape index (κ1) is 34.2. The molecule has 3 fully saturated rings. The number of benzene rings is 1. The number of sulfonamides is 1. The second-order valence-electron chi connectivity index (χ2n) is 15.6. The van der Waals surface area contributed by atoms with Crippen LogP contribution in [0.15, 0.2) is 65.6 Å². The van der Waals surface area contributed by atoms with Crippen LogP contribution in [0.2, 0.25) is 0 Å². The molecule has 1 aromatic carbocycles. The summed E-state index contributed by atoms with van der Waals surface area (Å²) in [5.41, 5.74) is -4.42. The lowest BCUT2D eigenvalue weighted by molar-refractivity contribution is -0.173. The van der Waals surface area contributed by atoms with E-state index >= 15 is 0 Å². The van der Waals surface area contributed by atoms with Gasteiger partial charge in [0.25, 0.3) is 0 Å². The molecule has 0 radical (unpaired) electrons. The van der Waals surface area contributed by atoms with Gasteiger partial charge in [0.15, 0.2) is 5.78 Å². The minimum absolute atomic E-state index is 0.0306. The zero-order valence-corrected chi connectivity index (χ0v) is 29.2. The molecule has 8 rings (SSSR count). The zero-order chi connectivity index (χ0) is 34.5. The summed E-state index contributed by atoms with van der Waals surface area (Å²) in [4.78, 5) is 15.7. The van der Waals surface area contributed by atoms with E-state index in [-0.39, 0.29) is 35.9 Å². The molecule has 8 atom stereocenters. The highest BCUT2D eigenvalue weighted by atomic mass is 32.2. The Labute approximate surface area is 284 Å². The Hall–Kier alpha value is -2.31. The lowest BCUT2D eigenvalue weighted by Crippen LogP contribution is -2.67. The molecule has 3 saturated carbocycles. The third-order valence-corrected chi connectivity index (χ3v) is 15.7. The summed E-state index contributed by atoms with van der Waals surface area (Å²) in [6.07, 6.45) is 6.72. The minimum Gasteiger partial charge on any atom is -0.393 e.